The summed E-state index contributed by atoms with van der Waals surface area (Å²) >= 11 is 0. The van der Waals surface area contributed by atoms with Crippen molar-refractivity contribution in [2.75, 3.05) is 39.3 Å². The molecule has 2 N–H and O–H groups in total. The average Bonchev–Trinajstić information content (AvgIpc) is 2.57. The molecule has 0 amide bonds. The molecular weight excluding hydrogens is 291 g/mol. The number of halogens is 3. The Morgan fingerprint density at radius 1 is 0.727 bits per heavy atom. The first-order chi connectivity index (χ1) is 10.6. The van der Waals surface area contributed by atoms with Crippen LogP contribution in [0.4, 0.5) is 13.2 Å². The average molecular weight is 321 g/mol. The van der Waals surface area contributed by atoms with E-state index in [0.717, 1.165) is 6.04 Å². The van der Waals surface area contributed by atoms with Crippen LogP contribution in [0.3, 0.4) is 0 Å². The Morgan fingerprint density at radius 2 is 1.27 bits per heavy atom. The lowest BCUT2D eigenvalue weighted by atomic mass is 9.94. The van der Waals surface area contributed by atoms with Gasteiger partial charge in [0.15, 0.2) is 0 Å². The lowest BCUT2D eigenvalue weighted by Crippen LogP contribution is -2.48. The molecule has 22 heavy (non-hydrogen) atoms. The van der Waals surface area contributed by atoms with Gasteiger partial charge in [0.2, 0.25) is 0 Å². The van der Waals surface area contributed by atoms with Gasteiger partial charge in [-0.2, -0.15) is 13.2 Å². The van der Waals surface area contributed by atoms with E-state index in [1.807, 2.05) is 0 Å². The van der Waals surface area contributed by atoms with Gasteiger partial charge < -0.3 is 10.6 Å². The number of hydrogen-bond acceptors (Lipinski definition) is 3. The molecule has 1 aliphatic carbocycles. The Labute approximate surface area is 132 Å². The lowest BCUT2D eigenvalue weighted by molar-refractivity contribution is -0.180. The summed E-state index contributed by atoms with van der Waals surface area (Å²) in [4.78, 5) is 2.69. The quantitative estimate of drug-likeness (QED) is 0.778. The molecule has 130 valence electrons. The van der Waals surface area contributed by atoms with Crippen LogP contribution in [-0.2, 0) is 0 Å². The first-order valence-electron chi connectivity index (χ1n) is 8.79. The summed E-state index contributed by atoms with van der Waals surface area (Å²) in [5.41, 5.74) is 0. The van der Waals surface area contributed by atoms with Gasteiger partial charge in [-0.25, -0.2) is 0 Å². The molecule has 3 fully saturated rings. The third-order valence-electron chi connectivity index (χ3n) is 5.04. The van der Waals surface area contributed by atoms with Crippen molar-refractivity contribution in [3.63, 3.8) is 0 Å². The van der Waals surface area contributed by atoms with Crippen LogP contribution in [0.25, 0.3) is 0 Å². The molecule has 0 bridgehead atoms. The van der Waals surface area contributed by atoms with E-state index in [9.17, 15) is 13.2 Å². The molecule has 0 unspecified atom stereocenters. The zero-order valence-electron chi connectivity index (χ0n) is 13.4. The van der Waals surface area contributed by atoms with Gasteiger partial charge in [-0.15, -0.1) is 0 Å². The fourth-order valence-electron chi connectivity index (χ4n) is 3.64. The van der Waals surface area contributed by atoms with E-state index in [0.29, 0.717) is 13.1 Å². The molecule has 3 rings (SSSR count). The van der Waals surface area contributed by atoms with Crippen LogP contribution in [0.2, 0.25) is 0 Å². The van der Waals surface area contributed by atoms with E-state index >= 15 is 0 Å². The fourth-order valence-corrected chi connectivity index (χ4v) is 3.64. The Balaban J connectivity index is 0.000000164. The summed E-state index contributed by atoms with van der Waals surface area (Å²) < 4.78 is 35.7. The van der Waals surface area contributed by atoms with Crippen molar-refractivity contribution < 1.29 is 13.2 Å². The molecule has 2 aliphatic heterocycles. The molecular formula is C16H30F3N3. The zero-order valence-corrected chi connectivity index (χ0v) is 13.4. The van der Waals surface area contributed by atoms with Crippen LogP contribution in [0.1, 0.15) is 44.9 Å². The van der Waals surface area contributed by atoms with Gasteiger partial charge in [0.05, 0.1) is 5.92 Å². The topological polar surface area (TPSA) is 27.3 Å². The van der Waals surface area contributed by atoms with Crippen LogP contribution in [-0.4, -0.2) is 56.4 Å². The van der Waals surface area contributed by atoms with E-state index in [1.54, 1.807) is 0 Å². The Hall–Kier alpha value is -0.330. The van der Waals surface area contributed by atoms with Crippen molar-refractivity contribution in [3.8, 4) is 0 Å². The summed E-state index contributed by atoms with van der Waals surface area (Å²) in [6.45, 7) is 5.98. The highest BCUT2D eigenvalue weighted by molar-refractivity contribution is 4.79. The molecule has 0 radical (unpaired) electrons. The highest BCUT2D eigenvalue weighted by atomic mass is 19.4. The van der Waals surface area contributed by atoms with Crippen molar-refractivity contribution in [1.82, 2.24) is 15.5 Å². The monoisotopic (exact) mass is 321 g/mol. The number of alkyl halides is 3. The predicted octanol–water partition coefficient (Wildman–Crippen LogP) is 2.77. The molecule has 1 saturated carbocycles. The molecule has 0 aromatic rings. The van der Waals surface area contributed by atoms with Gasteiger partial charge in [0.25, 0.3) is 0 Å². The fraction of sp³-hybridized carbons (Fsp3) is 1.00. The number of piperidine rings is 1. The third-order valence-corrected chi connectivity index (χ3v) is 5.04. The van der Waals surface area contributed by atoms with Crippen molar-refractivity contribution in [2.45, 2.75) is 57.2 Å². The largest absolute Gasteiger partial charge is 0.391 e. The molecule has 3 aliphatic rings. The second kappa shape index (κ2) is 9.08. The second-order valence-corrected chi connectivity index (χ2v) is 6.64. The Kier molecular flexibility index (Phi) is 7.44. The number of piperazine rings is 1. The van der Waals surface area contributed by atoms with Crippen molar-refractivity contribution in [1.29, 1.82) is 0 Å². The molecule has 0 aromatic carbocycles. The molecule has 0 atom stereocenters. The highest BCUT2D eigenvalue weighted by Gasteiger charge is 2.39. The number of nitrogens with zero attached hydrogens (tertiary/aromatic N) is 1. The maximum atomic E-state index is 11.9. The predicted molar refractivity (Wildman–Crippen MR) is 83.0 cm³/mol. The van der Waals surface area contributed by atoms with Gasteiger partial charge >= 0.3 is 6.18 Å². The minimum atomic E-state index is -3.97. The van der Waals surface area contributed by atoms with Crippen molar-refractivity contribution in [3.05, 3.63) is 0 Å². The smallest absolute Gasteiger partial charge is 0.317 e. The van der Waals surface area contributed by atoms with Crippen LogP contribution in [0, 0.1) is 5.92 Å². The van der Waals surface area contributed by atoms with Gasteiger partial charge in [0.1, 0.15) is 0 Å². The van der Waals surface area contributed by atoms with Gasteiger partial charge in [-0.3, -0.25) is 4.90 Å². The minimum Gasteiger partial charge on any atom is -0.317 e. The van der Waals surface area contributed by atoms with E-state index in [4.69, 9.17) is 0 Å². The maximum absolute atomic E-state index is 11.9. The Morgan fingerprint density at radius 3 is 1.77 bits per heavy atom. The van der Waals surface area contributed by atoms with E-state index in [1.165, 1.54) is 58.3 Å². The van der Waals surface area contributed by atoms with Gasteiger partial charge in [-0.05, 0) is 38.8 Å². The molecule has 0 spiro atoms. The van der Waals surface area contributed by atoms with Crippen LogP contribution in [0.15, 0.2) is 0 Å². The maximum Gasteiger partial charge on any atom is 0.391 e. The minimum absolute atomic E-state index is 0.240. The summed E-state index contributed by atoms with van der Waals surface area (Å²) in [7, 11) is 0. The summed E-state index contributed by atoms with van der Waals surface area (Å²) in [5.74, 6) is -1.06. The van der Waals surface area contributed by atoms with E-state index < -0.39 is 12.1 Å². The first kappa shape index (κ1) is 18.0. The summed E-state index contributed by atoms with van der Waals surface area (Å²) in [6.07, 6.45) is 3.83. The van der Waals surface area contributed by atoms with E-state index in [2.05, 4.69) is 15.5 Å². The van der Waals surface area contributed by atoms with Crippen LogP contribution >= 0.6 is 0 Å². The second-order valence-electron chi connectivity index (χ2n) is 6.64. The highest BCUT2D eigenvalue weighted by Crippen LogP contribution is 2.32. The molecule has 6 heteroatoms. The third kappa shape index (κ3) is 6.05. The van der Waals surface area contributed by atoms with E-state index in [-0.39, 0.29) is 12.8 Å². The van der Waals surface area contributed by atoms with Crippen molar-refractivity contribution in [2.24, 2.45) is 5.92 Å². The number of hydrogen-bond donors (Lipinski definition) is 2. The van der Waals surface area contributed by atoms with Gasteiger partial charge in [-0.1, -0.05) is 19.3 Å². The zero-order chi connectivity index (χ0) is 15.8. The SMILES string of the molecule is C1CCC(N2CCNCC2)CC1.FC(F)(F)C1CCNCC1. The molecule has 3 nitrogen and oxygen atoms in total. The molecule has 0 aromatic heterocycles. The first-order valence-corrected chi connectivity index (χ1v) is 8.79. The standard InChI is InChI=1S/C10H20N2.C6H10F3N/c1-2-4-10(5-3-1)12-8-6-11-7-9-12;7-6(8,9)5-1-3-10-4-2-5/h10-11H,1-9H2;5,10H,1-4H2. The van der Waals surface area contributed by atoms with Crippen LogP contribution in [0.5, 0.6) is 0 Å². The number of rotatable bonds is 1. The summed E-state index contributed by atoms with van der Waals surface area (Å²) in [5, 5.41) is 6.30. The Bertz CT molecular complexity index is 276. The summed E-state index contributed by atoms with van der Waals surface area (Å²) in [6, 6.07) is 0.931. The normalized spacial score (nSPS) is 26.3. The number of nitrogens with one attached hydrogen (secondary N) is 2. The van der Waals surface area contributed by atoms with Gasteiger partial charge in [0, 0.05) is 32.2 Å². The molecule has 2 saturated heterocycles. The lowest BCUT2D eigenvalue weighted by Gasteiger charge is -2.36. The van der Waals surface area contributed by atoms with Crippen LogP contribution < -0.4 is 10.6 Å². The van der Waals surface area contributed by atoms with Crippen molar-refractivity contribution >= 4 is 0 Å². The molecule has 2 heterocycles.